The summed E-state index contributed by atoms with van der Waals surface area (Å²) in [5, 5.41) is 9.30. The van der Waals surface area contributed by atoms with Crippen LogP contribution in [0.25, 0.3) is 0 Å². The Balaban J connectivity index is 4.04. The standard InChI is InChI=1S/C13H28O2/c1-7-13(5,6)8-11(9-14)10-15-12(2,3)4/h11,14H,7-10H2,1-6H3. The number of rotatable bonds is 6. The fraction of sp³-hybridized carbons (Fsp3) is 1.00. The molecule has 2 heteroatoms. The lowest BCUT2D eigenvalue weighted by molar-refractivity contribution is -0.0389. The Morgan fingerprint density at radius 2 is 1.67 bits per heavy atom. The van der Waals surface area contributed by atoms with Gasteiger partial charge in [0.05, 0.1) is 12.2 Å². The molecule has 0 heterocycles. The normalized spacial score (nSPS) is 15.4. The van der Waals surface area contributed by atoms with Gasteiger partial charge in [0.15, 0.2) is 0 Å². The van der Waals surface area contributed by atoms with Gasteiger partial charge in [-0.25, -0.2) is 0 Å². The molecule has 0 aliphatic heterocycles. The highest BCUT2D eigenvalue weighted by atomic mass is 16.5. The summed E-state index contributed by atoms with van der Waals surface area (Å²) in [5.41, 5.74) is 0.193. The van der Waals surface area contributed by atoms with Crippen LogP contribution in [0.5, 0.6) is 0 Å². The van der Waals surface area contributed by atoms with Crippen LogP contribution in [0.3, 0.4) is 0 Å². The molecule has 0 aromatic heterocycles. The van der Waals surface area contributed by atoms with Crippen molar-refractivity contribution >= 4 is 0 Å². The largest absolute Gasteiger partial charge is 0.396 e. The van der Waals surface area contributed by atoms with Crippen LogP contribution in [0, 0.1) is 11.3 Å². The first-order valence-electron chi connectivity index (χ1n) is 5.95. The lowest BCUT2D eigenvalue weighted by Crippen LogP contribution is -2.28. The Morgan fingerprint density at radius 1 is 1.13 bits per heavy atom. The molecule has 0 aliphatic carbocycles. The van der Waals surface area contributed by atoms with E-state index in [2.05, 4.69) is 20.8 Å². The Hall–Kier alpha value is -0.0800. The van der Waals surface area contributed by atoms with Gasteiger partial charge in [-0.15, -0.1) is 0 Å². The third-order valence-corrected chi connectivity index (χ3v) is 2.81. The van der Waals surface area contributed by atoms with E-state index in [-0.39, 0.29) is 18.1 Å². The second-order valence-electron chi connectivity index (χ2n) is 6.19. The molecule has 1 unspecified atom stereocenters. The topological polar surface area (TPSA) is 29.5 Å². The third-order valence-electron chi connectivity index (χ3n) is 2.81. The van der Waals surface area contributed by atoms with E-state index in [0.29, 0.717) is 12.0 Å². The molecule has 1 N–H and O–H groups in total. The van der Waals surface area contributed by atoms with Crippen LogP contribution in [-0.2, 0) is 4.74 Å². The van der Waals surface area contributed by atoms with Gasteiger partial charge in [0.2, 0.25) is 0 Å². The van der Waals surface area contributed by atoms with Gasteiger partial charge in [0.1, 0.15) is 0 Å². The molecule has 0 rings (SSSR count). The highest BCUT2D eigenvalue weighted by Gasteiger charge is 2.23. The van der Waals surface area contributed by atoms with Gasteiger partial charge in [-0.05, 0) is 32.6 Å². The summed E-state index contributed by atoms with van der Waals surface area (Å²) >= 11 is 0. The van der Waals surface area contributed by atoms with Crippen molar-refractivity contribution in [2.45, 2.75) is 60.0 Å². The van der Waals surface area contributed by atoms with Crippen LogP contribution in [-0.4, -0.2) is 23.9 Å². The molecule has 92 valence electrons. The van der Waals surface area contributed by atoms with Gasteiger partial charge in [0, 0.05) is 12.5 Å². The van der Waals surface area contributed by atoms with E-state index < -0.39 is 0 Å². The first kappa shape index (κ1) is 14.9. The SMILES string of the molecule is CCC(C)(C)CC(CO)COC(C)(C)C. The molecule has 0 aromatic rings. The van der Waals surface area contributed by atoms with Crippen molar-refractivity contribution in [2.24, 2.45) is 11.3 Å². The molecule has 0 fully saturated rings. The molecule has 0 aromatic carbocycles. The van der Waals surface area contributed by atoms with E-state index in [1.165, 1.54) is 0 Å². The second kappa shape index (κ2) is 5.86. The van der Waals surface area contributed by atoms with Gasteiger partial charge < -0.3 is 9.84 Å². The summed E-state index contributed by atoms with van der Waals surface area (Å²) in [6, 6.07) is 0. The van der Waals surface area contributed by atoms with E-state index in [1.54, 1.807) is 0 Å². The van der Waals surface area contributed by atoms with Crippen LogP contribution >= 0.6 is 0 Å². The van der Waals surface area contributed by atoms with Crippen molar-refractivity contribution in [3.8, 4) is 0 Å². The van der Waals surface area contributed by atoms with Gasteiger partial charge in [-0.1, -0.05) is 27.2 Å². The second-order valence-corrected chi connectivity index (χ2v) is 6.19. The van der Waals surface area contributed by atoms with Gasteiger partial charge in [0.25, 0.3) is 0 Å². The Labute approximate surface area is 95.0 Å². The van der Waals surface area contributed by atoms with Crippen molar-refractivity contribution in [3.63, 3.8) is 0 Å². The highest BCUT2D eigenvalue weighted by molar-refractivity contribution is 4.72. The van der Waals surface area contributed by atoms with Crippen LogP contribution in [0.1, 0.15) is 54.4 Å². The summed E-state index contributed by atoms with van der Waals surface area (Å²) in [6.45, 7) is 13.7. The molecule has 0 saturated heterocycles. The zero-order chi connectivity index (χ0) is 12.1. The quantitative estimate of drug-likeness (QED) is 0.738. The van der Waals surface area contributed by atoms with Crippen molar-refractivity contribution in [2.75, 3.05) is 13.2 Å². The predicted molar refractivity (Wildman–Crippen MR) is 65.0 cm³/mol. The Bertz CT molecular complexity index is 168. The minimum Gasteiger partial charge on any atom is -0.396 e. The monoisotopic (exact) mass is 216 g/mol. The maximum atomic E-state index is 9.30. The van der Waals surface area contributed by atoms with Crippen molar-refractivity contribution in [1.82, 2.24) is 0 Å². The van der Waals surface area contributed by atoms with Gasteiger partial charge >= 0.3 is 0 Å². The summed E-state index contributed by atoms with van der Waals surface area (Å²) in [4.78, 5) is 0. The van der Waals surface area contributed by atoms with Crippen LogP contribution in [0.2, 0.25) is 0 Å². The molecular weight excluding hydrogens is 188 g/mol. The van der Waals surface area contributed by atoms with E-state index in [1.807, 2.05) is 20.8 Å². The number of ether oxygens (including phenoxy) is 1. The van der Waals surface area contributed by atoms with Crippen molar-refractivity contribution in [3.05, 3.63) is 0 Å². The minimum absolute atomic E-state index is 0.107. The number of aliphatic hydroxyl groups is 1. The lowest BCUT2D eigenvalue weighted by Gasteiger charge is -2.29. The number of hydrogen-bond acceptors (Lipinski definition) is 2. The van der Waals surface area contributed by atoms with Gasteiger partial charge in [-0.2, -0.15) is 0 Å². The van der Waals surface area contributed by atoms with E-state index in [4.69, 9.17) is 4.74 Å². The Morgan fingerprint density at radius 3 is 2.00 bits per heavy atom. The van der Waals surface area contributed by atoms with Crippen molar-refractivity contribution < 1.29 is 9.84 Å². The average Bonchev–Trinajstić information content (AvgIpc) is 2.11. The molecule has 0 radical (unpaired) electrons. The molecule has 0 saturated carbocycles. The summed E-state index contributed by atoms with van der Waals surface area (Å²) in [7, 11) is 0. The maximum Gasteiger partial charge on any atom is 0.0598 e. The highest BCUT2D eigenvalue weighted by Crippen LogP contribution is 2.29. The maximum absolute atomic E-state index is 9.30. The van der Waals surface area contributed by atoms with Gasteiger partial charge in [-0.3, -0.25) is 0 Å². The smallest absolute Gasteiger partial charge is 0.0598 e. The molecular formula is C13H28O2. The van der Waals surface area contributed by atoms with E-state index in [0.717, 1.165) is 12.8 Å². The van der Waals surface area contributed by atoms with Crippen LogP contribution < -0.4 is 0 Å². The fourth-order valence-electron chi connectivity index (χ4n) is 1.47. The van der Waals surface area contributed by atoms with Crippen LogP contribution in [0.4, 0.5) is 0 Å². The molecule has 2 nitrogen and oxygen atoms in total. The number of hydrogen-bond donors (Lipinski definition) is 1. The first-order chi connectivity index (χ1) is 6.70. The Kier molecular flexibility index (Phi) is 5.82. The fourth-order valence-corrected chi connectivity index (χ4v) is 1.47. The summed E-state index contributed by atoms with van der Waals surface area (Å²) in [5.74, 6) is 0.263. The average molecular weight is 216 g/mol. The number of aliphatic hydroxyl groups excluding tert-OH is 1. The molecule has 15 heavy (non-hydrogen) atoms. The molecule has 0 spiro atoms. The lowest BCUT2D eigenvalue weighted by atomic mass is 9.81. The molecule has 1 atom stereocenters. The third kappa shape index (κ3) is 7.80. The van der Waals surface area contributed by atoms with Crippen LogP contribution in [0.15, 0.2) is 0 Å². The minimum atomic E-state index is -0.107. The zero-order valence-electron chi connectivity index (χ0n) is 11.3. The molecule has 0 bridgehead atoms. The van der Waals surface area contributed by atoms with E-state index in [9.17, 15) is 5.11 Å². The predicted octanol–water partition coefficient (Wildman–Crippen LogP) is 3.24. The molecule has 0 aliphatic rings. The van der Waals surface area contributed by atoms with E-state index >= 15 is 0 Å². The summed E-state index contributed by atoms with van der Waals surface area (Å²) in [6.07, 6.45) is 2.16. The summed E-state index contributed by atoms with van der Waals surface area (Å²) < 4.78 is 5.71. The zero-order valence-corrected chi connectivity index (χ0v) is 11.3. The first-order valence-corrected chi connectivity index (χ1v) is 5.95. The van der Waals surface area contributed by atoms with Crippen molar-refractivity contribution in [1.29, 1.82) is 0 Å². The molecule has 0 amide bonds.